The minimum absolute atomic E-state index is 0. The molecular formula is C8H16Cl2N2O4. The van der Waals surface area contributed by atoms with E-state index in [-0.39, 0.29) is 30.9 Å². The monoisotopic (exact) mass is 274 g/mol. The maximum absolute atomic E-state index is 10.6. The normalized spacial score (nSPS) is 25.1. The molecule has 0 aromatic heterocycles. The zero-order valence-electron chi connectivity index (χ0n) is 8.60. The summed E-state index contributed by atoms with van der Waals surface area (Å²) in [5.41, 5.74) is 3.50. The molecule has 1 fully saturated rings. The first kappa shape index (κ1) is 17.8. The third-order valence-corrected chi connectivity index (χ3v) is 2.61. The Bertz CT molecular complexity index is 252. The van der Waals surface area contributed by atoms with Gasteiger partial charge in [0.1, 0.15) is 0 Å². The number of rotatable bonds is 4. The van der Waals surface area contributed by atoms with Crippen LogP contribution in [0.4, 0.5) is 0 Å². The van der Waals surface area contributed by atoms with Gasteiger partial charge in [-0.05, 0) is 0 Å². The van der Waals surface area contributed by atoms with Gasteiger partial charge in [0.25, 0.3) is 0 Å². The van der Waals surface area contributed by atoms with Crippen LogP contribution in [0.15, 0.2) is 0 Å². The third kappa shape index (κ3) is 4.98. The molecule has 1 aliphatic rings. The summed E-state index contributed by atoms with van der Waals surface area (Å²) in [5.74, 6) is -1.74. The molecule has 1 heterocycles. The zero-order valence-corrected chi connectivity index (χ0v) is 10.1. The average Bonchev–Trinajstić information content (AvgIpc) is 2.52. The Kier molecular flexibility index (Phi) is 8.54. The summed E-state index contributed by atoms with van der Waals surface area (Å²) in [5, 5.41) is 19.1. The molecule has 0 aromatic carbocycles. The lowest BCUT2D eigenvalue weighted by Crippen LogP contribution is -3.00. The molecule has 1 rings (SSSR count). The fourth-order valence-corrected chi connectivity index (χ4v) is 1.78. The molecular weight excluding hydrogens is 259 g/mol. The van der Waals surface area contributed by atoms with Crippen molar-refractivity contribution in [3.63, 3.8) is 0 Å². The van der Waals surface area contributed by atoms with Crippen LogP contribution in [0.3, 0.4) is 0 Å². The summed E-state index contributed by atoms with van der Waals surface area (Å²) in [7, 11) is 0. The quantitative estimate of drug-likeness (QED) is 0.407. The number of hydrogen-bond acceptors (Lipinski definition) is 2. The molecule has 0 radical (unpaired) electrons. The summed E-state index contributed by atoms with van der Waals surface area (Å²) in [4.78, 5) is 21.1. The number of carboxylic acids is 2. The van der Waals surface area contributed by atoms with Crippen LogP contribution in [-0.4, -0.2) is 40.3 Å². The smallest absolute Gasteiger partial charge is 0.362 e. The van der Waals surface area contributed by atoms with Crippen molar-refractivity contribution < 1.29 is 55.7 Å². The highest BCUT2D eigenvalue weighted by molar-refractivity contribution is 5.72. The second-order valence-electron chi connectivity index (χ2n) is 3.75. The van der Waals surface area contributed by atoms with Crippen molar-refractivity contribution in [1.82, 2.24) is 0 Å². The minimum Gasteiger partial charge on any atom is -1.00 e. The molecule has 96 valence electrons. The summed E-state index contributed by atoms with van der Waals surface area (Å²) in [6, 6.07) is -0.945. The number of aliphatic carboxylic acids is 2. The Labute approximate surface area is 105 Å². The molecule has 6 nitrogen and oxygen atoms in total. The van der Waals surface area contributed by atoms with Gasteiger partial charge in [0, 0.05) is 12.8 Å². The Morgan fingerprint density at radius 3 is 2.25 bits per heavy atom. The molecule has 0 aliphatic carbocycles. The second kappa shape index (κ2) is 7.67. The zero-order chi connectivity index (χ0) is 10.7. The van der Waals surface area contributed by atoms with Crippen LogP contribution in [0, 0.1) is 0 Å². The molecule has 0 aromatic rings. The van der Waals surface area contributed by atoms with Crippen molar-refractivity contribution in [1.29, 1.82) is 0 Å². The summed E-state index contributed by atoms with van der Waals surface area (Å²) >= 11 is 0. The van der Waals surface area contributed by atoms with Gasteiger partial charge in [-0.15, -0.1) is 0 Å². The molecule has 0 unspecified atom stereocenters. The maximum atomic E-state index is 10.6. The molecule has 0 spiro atoms. The number of carbonyl (C=O) groups is 2. The van der Waals surface area contributed by atoms with Crippen LogP contribution in [-0.2, 0) is 9.59 Å². The first-order chi connectivity index (χ1) is 6.50. The van der Waals surface area contributed by atoms with Crippen LogP contribution < -0.4 is 35.9 Å². The highest BCUT2D eigenvalue weighted by atomic mass is 35.5. The van der Waals surface area contributed by atoms with E-state index < -0.39 is 24.0 Å². The Balaban J connectivity index is 0. The van der Waals surface area contributed by atoms with Gasteiger partial charge in [-0.1, -0.05) is 0 Å². The van der Waals surface area contributed by atoms with Crippen molar-refractivity contribution in [3.05, 3.63) is 0 Å². The number of halogens is 2. The summed E-state index contributed by atoms with van der Waals surface area (Å²) < 4.78 is 0. The third-order valence-electron chi connectivity index (χ3n) is 2.61. The molecule has 0 saturated carbocycles. The summed E-state index contributed by atoms with van der Waals surface area (Å²) in [6.07, 6.45) is 1.82. The lowest BCUT2D eigenvalue weighted by atomic mass is 10.1. The highest BCUT2D eigenvalue weighted by Gasteiger charge is 2.35. The van der Waals surface area contributed by atoms with E-state index in [2.05, 4.69) is 5.73 Å². The van der Waals surface area contributed by atoms with Crippen LogP contribution >= 0.6 is 0 Å². The highest BCUT2D eigenvalue weighted by Crippen LogP contribution is 2.08. The van der Waals surface area contributed by atoms with Crippen molar-refractivity contribution in [2.45, 2.75) is 37.4 Å². The van der Waals surface area contributed by atoms with E-state index in [9.17, 15) is 9.59 Å². The van der Waals surface area contributed by atoms with Crippen molar-refractivity contribution >= 4 is 11.9 Å². The van der Waals surface area contributed by atoms with E-state index >= 15 is 0 Å². The van der Waals surface area contributed by atoms with E-state index in [1.807, 2.05) is 0 Å². The number of carboxylic acid groups (broad SMARTS) is 2. The van der Waals surface area contributed by atoms with E-state index in [0.717, 1.165) is 6.42 Å². The molecule has 3 atom stereocenters. The molecule has 8 heteroatoms. The van der Waals surface area contributed by atoms with E-state index in [4.69, 9.17) is 10.2 Å². The van der Waals surface area contributed by atoms with E-state index in [0.29, 0.717) is 12.8 Å². The van der Waals surface area contributed by atoms with Gasteiger partial charge in [0.15, 0.2) is 12.1 Å². The van der Waals surface area contributed by atoms with E-state index in [1.165, 1.54) is 0 Å². The minimum atomic E-state index is -0.919. The Morgan fingerprint density at radius 1 is 1.31 bits per heavy atom. The first-order valence-electron chi connectivity index (χ1n) is 4.64. The topological polar surface area (TPSA) is 119 Å². The van der Waals surface area contributed by atoms with Gasteiger partial charge in [0.2, 0.25) is 0 Å². The average molecular weight is 275 g/mol. The van der Waals surface area contributed by atoms with Crippen molar-refractivity contribution in [2.75, 3.05) is 0 Å². The fourth-order valence-electron chi connectivity index (χ4n) is 1.78. The van der Waals surface area contributed by atoms with Crippen molar-refractivity contribution in [2.24, 2.45) is 0 Å². The maximum Gasteiger partial charge on any atom is 0.362 e. The number of quaternary nitrogens is 2. The predicted molar refractivity (Wildman–Crippen MR) is 45.3 cm³/mol. The lowest BCUT2D eigenvalue weighted by molar-refractivity contribution is -0.694. The second-order valence-corrected chi connectivity index (χ2v) is 3.75. The largest absolute Gasteiger partial charge is 1.00 e. The molecule has 16 heavy (non-hydrogen) atoms. The van der Waals surface area contributed by atoms with Crippen molar-refractivity contribution in [3.8, 4) is 0 Å². The SMILES string of the molecule is [Cl-].[Cl-].[NH3+][C@@H](C[C@H]1CC[C@@H](C(=O)O)[NH2+]1)C(=O)O. The predicted octanol–water partition coefficient (Wildman–Crippen LogP) is -8.74. The molecule has 0 bridgehead atoms. The van der Waals surface area contributed by atoms with Crippen LogP contribution in [0.5, 0.6) is 0 Å². The molecule has 7 N–H and O–H groups in total. The van der Waals surface area contributed by atoms with Gasteiger partial charge in [-0.2, -0.15) is 0 Å². The number of nitrogens with two attached hydrogens (primary N) is 1. The van der Waals surface area contributed by atoms with Crippen LogP contribution in [0.25, 0.3) is 0 Å². The van der Waals surface area contributed by atoms with Gasteiger partial charge in [-0.3, -0.25) is 0 Å². The standard InChI is InChI=1S/C8H14N2O4.2ClH/c9-5(7(11)12)3-4-1-2-6(10-4)8(13)14;;/h4-6,10H,1-3,9H2,(H,11,12)(H,13,14);2*1H/t4-,5+,6+;;/m1../s1. The molecule has 1 aliphatic heterocycles. The first-order valence-corrected chi connectivity index (χ1v) is 4.64. The van der Waals surface area contributed by atoms with Gasteiger partial charge in [-0.25, -0.2) is 9.59 Å². The van der Waals surface area contributed by atoms with E-state index in [1.54, 1.807) is 5.32 Å². The molecule has 1 saturated heterocycles. The van der Waals surface area contributed by atoms with Gasteiger partial charge >= 0.3 is 11.9 Å². The van der Waals surface area contributed by atoms with Gasteiger partial charge in [0.05, 0.1) is 12.5 Å². The summed E-state index contributed by atoms with van der Waals surface area (Å²) in [6.45, 7) is 0. The Morgan fingerprint density at radius 2 is 1.88 bits per heavy atom. The fraction of sp³-hybridized carbons (Fsp3) is 0.750. The van der Waals surface area contributed by atoms with Crippen LogP contribution in [0.1, 0.15) is 19.3 Å². The van der Waals surface area contributed by atoms with Crippen LogP contribution in [0.2, 0.25) is 0 Å². The van der Waals surface area contributed by atoms with Gasteiger partial charge < -0.3 is 46.1 Å². The lowest BCUT2D eigenvalue weighted by Gasteiger charge is -2.09. The molecule has 0 amide bonds. The Hall–Kier alpha value is -0.560. The number of hydrogen-bond donors (Lipinski definition) is 4.